The van der Waals surface area contributed by atoms with Gasteiger partial charge in [-0.1, -0.05) is 41.9 Å². The summed E-state index contributed by atoms with van der Waals surface area (Å²) in [7, 11) is 0. The minimum absolute atomic E-state index is 0.105. The molecule has 2 heteroatoms. The van der Waals surface area contributed by atoms with Crippen LogP contribution in [0.3, 0.4) is 0 Å². The summed E-state index contributed by atoms with van der Waals surface area (Å²) < 4.78 is 6.08. The molecule has 3 unspecified atom stereocenters. The minimum Gasteiger partial charge on any atom is -0.358 e. The van der Waals surface area contributed by atoms with Gasteiger partial charge in [0.05, 0.1) is 5.60 Å². The molecule has 0 spiro atoms. The van der Waals surface area contributed by atoms with Crippen LogP contribution in [0, 0.1) is 17.8 Å². The first-order chi connectivity index (χ1) is 8.36. The van der Waals surface area contributed by atoms with Crippen molar-refractivity contribution in [2.75, 3.05) is 6.07 Å². The zero-order valence-electron chi connectivity index (χ0n) is 9.81. The molecule has 3 fully saturated rings. The average Bonchev–Trinajstić information content (AvgIpc) is 2.74. The SMILES string of the molecule is ClCOC12C3CC(CC1C3)C2c1ccccc1. The van der Waals surface area contributed by atoms with Gasteiger partial charge >= 0.3 is 0 Å². The van der Waals surface area contributed by atoms with Gasteiger partial charge in [-0.2, -0.15) is 0 Å². The topological polar surface area (TPSA) is 9.23 Å². The van der Waals surface area contributed by atoms with E-state index < -0.39 is 0 Å². The van der Waals surface area contributed by atoms with E-state index >= 15 is 0 Å². The lowest BCUT2D eigenvalue weighted by Crippen LogP contribution is -2.55. The first kappa shape index (κ1) is 10.4. The van der Waals surface area contributed by atoms with Crippen molar-refractivity contribution in [3.63, 3.8) is 0 Å². The lowest BCUT2D eigenvalue weighted by Gasteiger charge is -2.53. The highest BCUT2D eigenvalue weighted by Gasteiger charge is 2.71. The van der Waals surface area contributed by atoms with Crippen molar-refractivity contribution in [2.45, 2.75) is 30.8 Å². The van der Waals surface area contributed by atoms with E-state index in [0.29, 0.717) is 12.0 Å². The molecule has 4 rings (SSSR count). The molecule has 3 atom stereocenters. The fourth-order valence-electron chi connectivity index (χ4n) is 5.03. The lowest BCUT2D eigenvalue weighted by molar-refractivity contribution is -0.165. The van der Waals surface area contributed by atoms with E-state index in [0.717, 1.165) is 17.8 Å². The van der Waals surface area contributed by atoms with Crippen molar-refractivity contribution in [3.05, 3.63) is 35.9 Å². The van der Waals surface area contributed by atoms with Gasteiger partial charge in [0.15, 0.2) is 0 Å². The van der Waals surface area contributed by atoms with E-state index in [1.54, 1.807) is 0 Å². The van der Waals surface area contributed by atoms with Crippen LogP contribution in [0.1, 0.15) is 30.7 Å². The van der Waals surface area contributed by atoms with Crippen LogP contribution in [-0.2, 0) is 4.74 Å². The van der Waals surface area contributed by atoms with Gasteiger partial charge in [0.2, 0.25) is 0 Å². The smallest absolute Gasteiger partial charge is 0.121 e. The Hall–Kier alpha value is -0.530. The Morgan fingerprint density at radius 2 is 1.82 bits per heavy atom. The zero-order valence-corrected chi connectivity index (χ0v) is 10.6. The number of hydrogen-bond donors (Lipinski definition) is 0. The van der Waals surface area contributed by atoms with Gasteiger partial charge < -0.3 is 4.74 Å². The van der Waals surface area contributed by atoms with E-state index in [4.69, 9.17) is 16.3 Å². The Balaban J connectivity index is 1.76. The fourth-order valence-corrected chi connectivity index (χ4v) is 5.22. The second-order valence-electron chi connectivity index (χ2n) is 5.86. The summed E-state index contributed by atoms with van der Waals surface area (Å²) >= 11 is 5.88. The number of ether oxygens (including phenoxy) is 1. The second-order valence-corrected chi connectivity index (χ2v) is 6.07. The summed E-state index contributed by atoms with van der Waals surface area (Å²) in [6, 6.07) is 11.3. The summed E-state index contributed by atoms with van der Waals surface area (Å²) in [5.41, 5.74) is 1.57. The molecule has 3 aliphatic carbocycles. The highest BCUT2D eigenvalue weighted by Crippen LogP contribution is 2.73. The molecule has 3 aliphatic rings. The number of alkyl halides is 1. The van der Waals surface area contributed by atoms with Crippen molar-refractivity contribution >= 4 is 11.6 Å². The molecular formula is C15H17ClO. The van der Waals surface area contributed by atoms with Crippen LogP contribution in [0.25, 0.3) is 0 Å². The standard InChI is InChI=1S/C15H17ClO/c16-9-17-15-12-6-11(7-13(15)8-12)14(15)10-4-2-1-3-5-10/h1-5,11-14H,6-9H2. The molecule has 0 aromatic heterocycles. The van der Waals surface area contributed by atoms with E-state index in [2.05, 4.69) is 30.3 Å². The monoisotopic (exact) mass is 248 g/mol. The van der Waals surface area contributed by atoms with Crippen molar-refractivity contribution in [3.8, 4) is 0 Å². The maximum absolute atomic E-state index is 6.08. The largest absolute Gasteiger partial charge is 0.358 e. The van der Waals surface area contributed by atoms with E-state index in [-0.39, 0.29) is 5.60 Å². The molecule has 1 aromatic carbocycles. The Bertz CT molecular complexity index is 418. The van der Waals surface area contributed by atoms with Crippen molar-refractivity contribution in [1.82, 2.24) is 0 Å². The third kappa shape index (κ3) is 1.15. The van der Waals surface area contributed by atoms with Gasteiger partial charge in [-0.15, -0.1) is 0 Å². The number of hydrogen-bond acceptors (Lipinski definition) is 1. The van der Waals surface area contributed by atoms with Crippen molar-refractivity contribution < 1.29 is 4.74 Å². The minimum atomic E-state index is 0.105. The first-order valence-corrected chi connectivity index (χ1v) is 7.14. The number of rotatable bonds is 3. The molecule has 90 valence electrons. The average molecular weight is 249 g/mol. The molecule has 0 amide bonds. The van der Waals surface area contributed by atoms with Crippen LogP contribution >= 0.6 is 11.6 Å². The molecule has 3 saturated carbocycles. The number of halogens is 1. The van der Waals surface area contributed by atoms with Crippen LogP contribution in [0.4, 0.5) is 0 Å². The van der Waals surface area contributed by atoms with Gasteiger partial charge in [0.1, 0.15) is 6.07 Å². The Morgan fingerprint density at radius 1 is 1.12 bits per heavy atom. The predicted molar refractivity (Wildman–Crippen MR) is 68.0 cm³/mol. The highest BCUT2D eigenvalue weighted by molar-refractivity contribution is 6.17. The first-order valence-electron chi connectivity index (χ1n) is 6.61. The number of benzene rings is 1. The Labute approximate surface area is 107 Å². The Morgan fingerprint density at radius 3 is 2.47 bits per heavy atom. The third-order valence-corrected chi connectivity index (χ3v) is 5.55. The maximum Gasteiger partial charge on any atom is 0.121 e. The molecule has 0 N–H and O–H groups in total. The van der Waals surface area contributed by atoms with Gasteiger partial charge in [-0.05, 0) is 42.6 Å². The van der Waals surface area contributed by atoms with Crippen LogP contribution in [-0.4, -0.2) is 11.7 Å². The van der Waals surface area contributed by atoms with Crippen LogP contribution in [0.15, 0.2) is 30.3 Å². The normalized spacial score (nSPS) is 45.9. The third-order valence-electron chi connectivity index (χ3n) is 5.44. The van der Waals surface area contributed by atoms with E-state index in [9.17, 15) is 0 Å². The van der Waals surface area contributed by atoms with Gasteiger partial charge in [0, 0.05) is 5.92 Å². The second kappa shape index (κ2) is 3.49. The lowest BCUT2D eigenvalue weighted by atomic mass is 9.59. The quantitative estimate of drug-likeness (QED) is 0.740. The van der Waals surface area contributed by atoms with E-state index in [1.165, 1.54) is 24.8 Å². The summed E-state index contributed by atoms with van der Waals surface area (Å²) in [4.78, 5) is 0. The summed E-state index contributed by atoms with van der Waals surface area (Å²) in [6.07, 6.45) is 4.08. The summed E-state index contributed by atoms with van der Waals surface area (Å²) in [6.45, 7) is 0. The van der Waals surface area contributed by atoms with Gasteiger partial charge in [0.25, 0.3) is 0 Å². The van der Waals surface area contributed by atoms with Crippen LogP contribution in [0.5, 0.6) is 0 Å². The zero-order chi connectivity index (χ0) is 11.5. The van der Waals surface area contributed by atoms with Gasteiger partial charge in [-0.25, -0.2) is 0 Å². The fraction of sp³-hybridized carbons (Fsp3) is 0.600. The van der Waals surface area contributed by atoms with E-state index in [1.807, 2.05) is 0 Å². The molecule has 1 aromatic rings. The molecule has 0 aliphatic heterocycles. The summed E-state index contributed by atoms with van der Waals surface area (Å²) in [5, 5.41) is 0. The molecule has 0 heterocycles. The molecule has 2 bridgehead atoms. The predicted octanol–water partition coefficient (Wildman–Crippen LogP) is 3.78. The Kier molecular flexibility index (Phi) is 2.13. The highest BCUT2D eigenvalue weighted by atomic mass is 35.5. The van der Waals surface area contributed by atoms with Crippen molar-refractivity contribution in [1.29, 1.82) is 0 Å². The maximum atomic E-state index is 6.08. The van der Waals surface area contributed by atoms with Gasteiger partial charge in [-0.3, -0.25) is 0 Å². The molecule has 17 heavy (non-hydrogen) atoms. The molecule has 0 saturated heterocycles. The molecule has 1 nitrogen and oxygen atoms in total. The van der Waals surface area contributed by atoms with Crippen LogP contribution in [0.2, 0.25) is 0 Å². The number of fused-ring (bicyclic) bond motifs is 1. The van der Waals surface area contributed by atoms with Crippen LogP contribution < -0.4 is 0 Å². The molecule has 0 radical (unpaired) electrons. The summed E-state index contributed by atoms with van der Waals surface area (Å²) in [5.74, 6) is 2.99. The molecular weight excluding hydrogens is 232 g/mol. The van der Waals surface area contributed by atoms with Crippen molar-refractivity contribution in [2.24, 2.45) is 17.8 Å².